The van der Waals surface area contributed by atoms with E-state index in [9.17, 15) is 0 Å². The monoisotopic (exact) mass is 298 g/mol. The standard InChI is InChI=1S/C16H15ClN4/c1-10-8-14-16(18-6-7-21(14)20-10)19-15-12-5-3-2-4-11(12)9-13(15)17/h2-8,13,15H,9H2,1H3,(H,18,19). The lowest BCUT2D eigenvalue weighted by molar-refractivity contribution is 0.766. The maximum absolute atomic E-state index is 6.54. The zero-order chi connectivity index (χ0) is 14.4. The second-order valence-corrected chi connectivity index (χ2v) is 5.99. The predicted molar refractivity (Wildman–Crippen MR) is 83.9 cm³/mol. The molecule has 21 heavy (non-hydrogen) atoms. The summed E-state index contributed by atoms with van der Waals surface area (Å²) >= 11 is 6.54. The lowest BCUT2D eigenvalue weighted by atomic mass is 10.1. The molecule has 0 bridgehead atoms. The van der Waals surface area contributed by atoms with E-state index in [-0.39, 0.29) is 11.4 Å². The predicted octanol–water partition coefficient (Wildman–Crippen LogP) is 3.35. The molecule has 0 radical (unpaired) electrons. The van der Waals surface area contributed by atoms with Crippen molar-refractivity contribution in [2.75, 3.05) is 5.32 Å². The van der Waals surface area contributed by atoms with E-state index in [0.29, 0.717) is 0 Å². The van der Waals surface area contributed by atoms with Crippen LogP contribution >= 0.6 is 11.6 Å². The highest BCUT2D eigenvalue weighted by atomic mass is 35.5. The third-order valence-electron chi connectivity index (χ3n) is 3.97. The van der Waals surface area contributed by atoms with Crippen molar-refractivity contribution < 1.29 is 0 Å². The van der Waals surface area contributed by atoms with Gasteiger partial charge in [0.25, 0.3) is 0 Å². The van der Waals surface area contributed by atoms with Gasteiger partial charge in [-0.15, -0.1) is 11.6 Å². The zero-order valence-electron chi connectivity index (χ0n) is 11.6. The minimum atomic E-state index is 0.0356. The zero-order valence-corrected chi connectivity index (χ0v) is 12.4. The molecule has 0 spiro atoms. The quantitative estimate of drug-likeness (QED) is 0.738. The summed E-state index contributed by atoms with van der Waals surface area (Å²) in [7, 11) is 0. The summed E-state index contributed by atoms with van der Waals surface area (Å²) in [4.78, 5) is 4.46. The molecule has 3 aromatic rings. The number of halogens is 1. The second kappa shape index (κ2) is 4.74. The lowest BCUT2D eigenvalue weighted by Crippen LogP contribution is -2.18. The number of fused-ring (bicyclic) bond motifs is 2. The van der Waals surface area contributed by atoms with Gasteiger partial charge >= 0.3 is 0 Å². The molecule has 4 nitrogen and oxygen atoms in total. The van der Waals surface area contributed by atoms with Crippen molar-refractivity contribution in [3.05, 3.63) is 59.5 Å². The molecular formula is C16H15ClN4. The first-order chi connectivity index (χ1) is 10.2. The van der Waals surface area contributed by atoms with E-state index in [1.165, 1.54) is 11.1 Å². The van der Waals surface area contributed by atoms with Crippen molar-refractivity contribution in [1.29, 1.82) is 0 Å². The Balaban J connectivity index is 1.75. The fraction of sp³-hybridized carbons (Fsp3) is 0.250. The third kappa shape index (κ3) is 2.07. The molecule has 106 valence electrons. The normalized spacial score (nSPS) is 20.7. The van der Waals surface area contributed by atoms with Gasteiger partial charge in [0.1, 0.15) is 5.52 Å². The molecule has 1 aliphatic rings. The number of anilines is 1. The van der Waals surface area contributed by atoms with Crippen LogP contribution in [0.1, 0.15) is 22.9 Å². The Bertz CT molecular complexity index is 811. The van der Waals surface area contributed by atoms with E-state index in [0.717, 1.165) is 23.4 Å². The molecule has 0 saturated heterocycles. The molecule has 2 aromatic heterocycles. The Morgan fingerprint density at radius 1 is 1.33 bits per heavy atom. The van der Waals surface area contributed by atoms with Gasteiger partial charge < -0.3 is 5.32 Å². The molecule has 0 saturated carbocycles. The van der Waals surface area contributed by atoms with Crippen LogP contribution < -0.4 is 5.32 Å². The van der Waals surface area contributed by atoms with Crippen LogP contribution in [0, 0.1) is 6.92 Å². The fourth-order valence-electron chi connectivity index (χ4n) is 3.02. The van der Waals surface area contributed by atoms with E-state index in [1.54, 1.807) is 6.20 Å². The molecule has 2 heterocycles. The molecule has 5 heteroatoms. The average molecular weight is 299 g/mol. The van der Waals surface area contributed by atoms with Gasteiger partial charge in [0.05, 0.1) is 17.1 Å². The summed E-state index contributed by atoms with van der Waals surface area (Å²) in [5.74, 6) is 0.824. The number of nitrogens with one attached hydrogen (secondary N) is 1. The highest BCUT2D eigenvalue weighted by molar-refractivity contribution is 6.21. The van der Waals surface area contributed by atoms with Crippen LogP contribution in [0.2, 0.25) is 0 Å². The number of alkyl halides is 1. The van der Waals surface area contributed by atoms with Crippen molar-refractivity contribution in [3.63, 3.8) is 0 Å². The Labute approximate surface area is 127 Å². The third-order valence-corrected chi connectivity index (χ3v) is 4.38. The van der Waals surface area contributed by atoms with Crippen LogP contribution in [0.4, 0.5) is 5.82 Å². The Hall–Kier alpha value is -2.07. The molecule has 2 unspecified atom stereocenters. The first kappa shape index (κ1) is 12.7. The number of aromatic nitrogens is 3. The minimum Gasteiger partial charge on any atom is -0.360 e. The van der Waals surface area contributed by atoms with Crippen LogP contribution in [-0.2, 0) is 6.42 Å². The van der Waals surface area contributed by atoms with Gasteiger partial charge in [-0.3, -0.25) is 0 Å². The van der Waals surface area contributed by atoms with E-state index in [2.05, 4.69) is 39.7 Å². The number of hydrogen-bond donors (Lipinski definition) is 1. The topological polar surface area (TPSA) is 42.2 Å². The van der Waals surface area contributed by atoms with Crippen LogP contribution in [0.3, 0.4) is 0 Å². The smallest absolute Gasteiger partial charge is 0.152 e. The molecule has 1 aliphatic carbocycles. The Morgan fingerprint density at radius 2 is 2.19 bits per heavy atom. The molecule has 0 aliphatic heterocycles. The summed E-state index contributed by atoms with van der Waals surface area (Å²) in [6.45, 7) is 1.98. The van der Waals surface area contributed by atoms with Gasteiger partial charge in [0.15, 0.2) is 5.82 Å². The fourth-order valence-corrected chi connectivity index (χ4v) is 3.38. The Kier molecular flexibility index (Phi) is 2.86. The van der Waals surface area contributed by atoms with Gasteiger partial charge in [-0.2, -0.15) is 5.10 Å². The summed E-state index contributed by atoms with van der Waals surface area (Å²) in [6, 6.07) is 10.5. The van der Waals surface area contributed by atoms with Gasteiger partial charge in [-0.05, 0) is 30.5 Å². The lowest BCUT2D eigenvalue weighted by Gasteiger charge is -2.18. The number of hydrogen-bond acceptors (Lipinski definition) is 3. The number of benzene rings is 1. The van der Waals surface area contributed by atoms with Gasteiger partial charge in [-0.25, -0.2) is 9.50 Å². The van der Waals surface area contributed by atoms with Crippen molar-refractivity contribution in [2.45, 2.75) is 24.8 Å². The van der Waals surface area contributed by atoms with E-state index >= 15 is 0 Å². The summed E-state index contributed by atoms with van der Waals surface area (Å²) < 4.78 is 1.84. The maximum atomic E-state index is 6.54. The van der Waals surface area contributed by atoms with Crippen molar-refractivity contribution in [1.82, 2.24) is 14.6 Å². The van der Waals surface area contributed by atoms with Gasteiger partial charge in [-0.1, -0.05) is 24.3 Å². The molecule has 0 amide bonds. The van der Waals surface area contributed by atoms with Crippen LogP contribution in [0.15, 0.2) is 42.7 Å². The number of nitrogens with zero attached hydrogens (tertiary/aromatic N) is 3. The summed E-state index contributed by atoms with van der Waals surface area (Å²) in [6.07, 6.45) is 4.50. The van der Waals surface area contributed by atoms with E-state index < -0.39 is 0 Å². The first-order valence-electron chi connectivity index (χ1n) is 7.02. The van der Waals surface area contributed by atoms with Crippen LogP contribution in [0.5, 0.6) is 0 Å². The molecule has 1 aromatic carbocycles. The minimum absolute atomic E-state index is 0.0356. The first-order valence-corrected chi connectivity index (χ1v) is 7.45. The van der Waals surface area contributed by atoms with E-state index in [4.69, 9.17) is 11.6 Å². The summed E-state index contributed by atoms with van der Waals surface area (Å²) in [5, 5.41) is 7.95. The maximum Gasteiger partial charge on any atom is 0.152 e. The van der Waals surface area contributed by atoms with E-state index in [1.807, 2.05) is 23.7 Å². The largest absolute Gasteiger partial charge is 0.360 e. The molecule has 1 N–H and O–H groups in total. The van der Waals surface area contributed by atoms with Crippen molar-refractivity contribution in [3.8, 4) is 0 Å². The van der Waals surface area contributed by atoms with Crippen LogP contribution in [-0.4, -0.2) is 20.0 Å². The summed E-state index contributed by atoms with van der Waals surface area (Å²) in [5.41, 5.74) is 4.52. The average Bonchev–Trinajstić information content (AvgIpc) is 3.00. The van der Waals surface area contributed by atoms with Gasteiger partial charge in [0, 0.05) is 12.4 Å². The highest BCUT2D eigenvalue weighted by Gasteiger charge is 2.31. The molecular weight excluding hydrogens is 284 g/mol. The number of rotatable bonds is 2. The van der Waals surface area contributed by atoms with Crippen LogP contribution in [0.25, 0.3) is 5.52 Å². The SMILES string of the molecule is Cc1cc2c(NC3c4ccccc4CC3Cl)nccn2n1. The highest BCUT2D eigenvalue weighted by Crippen LogP contribution is 2.37. The van der Waals surface area contributed by atoms with Crippen molar-refractivity contribution >= 4 is 22.9 Å². The molecule has 0 fully saturated rings. The van der Waals surface area contributed by atoms with Gasteiger partial charge in [0.2, 0.25) is 0 Å². The molecule has 2 atom stereocenters. The molecule has 4 rings (SSSR count). The second-order valence-electron chi connectivity index (χ2n) is 5.43. The Morgan fingerprint density at radius 3 is 3.10 bits per heavy atom. The van der Waals surface area contributed by atoms with Crippen molar-refractivity contribution in [2.24, 2.45) is 0 Å². The number of aryl methyl sites for hydroxylation is 1.